The van der Waals surface area contributed by atoms with Gasteiger partial charge in [-0.2, -0.15) is 4.31 Å². The first-order valence-electron chi connectivity index (χ1n) is 7.48. The lowest BCUT2D eigenvalue weighted by Crippen LogP contribution is -2.48. The Labute approximate surface area is 146 Å². The van der Waals surface area contributed by atoms with Gasteiger partial charge in [0, 0.05) is 37.6 Å². The lowest BCUT2D eigenvalue weighted by atomic mass is 10.2. The zero-order chi connectivity index (χ0) is 16.4. The minimum absolute atomic E-state index is 0.376. The summed E-state index contributed by atoms with van der Waals surface area (Å²) < 4.78 is 27.7. The standard InChI is InChI=1S/C16H19ClN2O2S2/c1-13-2-5-15(6-3-13)23(20,21)19-10-8-18(9-11-19)12-14-4-7-16(17)22-14/h2-7H,8-12H2,1H3. The molecule has 7 heteroatoms. The molecule has 4 nitrogen and oxygen atoms in total. The number of thiophene rings is 1. The van der Waals surface area contributed by atoms with Crippen molar-refractivity contribution in [2.75, 3.05) is 26.2 Å². The summed E-state index contributed by atoms with van der Waals surface area (Å²) >= 11 is 7.53. The van der Waals surface area contributed by atoms with E-state index in [1.807, 2.05) is 31.2 Å². The van der Waals surface area contributed by atoms with Crippen LogP contribution < -0.4 is 0 Å². The van der Waals surface area contributed by atoms with Crippen LogP contribution in [-0.2, 0) is 16.6 Å². The van der Waals surface area contributed by atoms with Crippen LogP contribution in [0.25, 0.3) is 0 Å². The van der Waals surface area contributed by atoms with Crippen molar-refractivity contribution < 1.29 is 8.42 Å². The fourth-order valence-electron chi connectivity index (χ4n) is 2.64. The van der Waals surface area contributed by atoms with Crippen LogP contribution in [0.2, 0.25) is 4.34 Å². The van der Waals surface area contributed by atoms with Crippen LogP contribution in [0.1, 0.15) is 10.4 Å². The predicted octanol–water partition coefficient (Wildman–Crippen LogP) is 3.22. The van der Waals surface area contributed by atoms with E-state index < -0.39 is 10.0 Å². The summed E-state index contributed by atoms with van der Waals surface area (Å²) in [4.78, 5) is 3.86. The third kappa shape index (κ3) is 3.95. The lowest BCUT2D eigenvalue weighted by Gasteiger charge is -2.33. The first-order valence-corrected chi connectivity index (χ1v) is 10.1. The average Bonchev–Trinajstić information content (AvgIpc) is 2.93. The van der Waals surface area contributed by atoms with E-state index in [1.165, 1.54) is 4.88 Å². The summed E-state index contributed by atoms with van der Waals surface area (Å²) in [6.07, 6.45) is 0. The van der Waals surface area contributed by atoms with Crippen LogP contribution in [-0.4, -0.2) is 43.8 Å². The molecule has 1 aliphatic rings. The van der Waals surface area contributed by atoms with Crippen molar-refractivity contribution in [3.63, 3.8) is 0 Å². The van der Waals surface area contributed by atoms with Crippen molar-refractivity contribution in [2.45, 2.75) is 18.4 Å². The molecule has 2 heterocycles. The molecule has 124 valence electrons. The lowest BCUT2D eigenvalue weighted by molar-refractivity contribution is 0.183. The maximum absolute atomic E-state index is 12.7. The van der Waals surface area contributed by atoms with Gasteiger partial charge >= 0.3 is 0 Å². The number of rotatable bonds is 4. The summed E-state index contributed by atoms with van der Waals surface area (Å²) in [5.74, 6) is 0. The number of aryl methyl sites for hydroxylation is 1. The number of hydrogen-bond donors (Lipinski definition) is 0. The van der Waals surface area contributed by atoms with Gasteiger partial charge in [-0.15, -0.1) is 11.3 Å². The fourth-order valence-corrected chi connectivity index (χ4v) is 5.20. The van der Waals surface area contributed by atoms with E-state index in [-0.39, 0.29) is 0 Å². The van der Waals surface area contributed by atoms with Crippen molar-refractivity contribution in [3.8, 4) is 0 Å². The van der Waals surface area contributed by atoms with Crippen molar-refractivity contribution in [3.05, 3.63) is 51.2 Å². The molecule has 0 unspecified atom stereocenters. The van der Waals surface area contributed by atoms with Gasteiger partial charge in [-0.05, 0) is 31.2 Å². The topological polar surface area (TPSA) is 40.6 Å². The third-order valence-electron chi connectivity index (χ3n) is 4.00. The van der Waals surface area contributed by atoms with Gasteiger partial charge in [-0.1, -0.05) is 29.3 Å². The zero-order valence-corrected chi connectivity index (χ0v) is 15.3. The van der Waals surface area contributed by atoms with Crippen LogP contribution in [0, 0.1) is 6.92 Å². The molecule has 0 bridgehead atoms. The molecule has 23 heavy (non-hydrogen) atoms. The Morgan fingerprint density at radius 1 is 1.04 bits per heavy atom. The summed E-state index contributed by atoms with van der Waals surface area (Å²) in [6, 6.07) is 11.0. The second-order valence-electron chi connectivity index (χ2n) is 5.70. The van der Waals surface area contributed by atoms with E-state index >= 15 is 0 Å². The summed E-state index contributed by atoms with van der Waals surface area (Å²) in [6.45, 7) is 5.30. The van der Waals surface area contributed by atoms with Gasteiger partial charge in [0.25, 0.3) is 0 Å². The minimum Gasteiger partial charge on any atom is -0.296 e. The minimum atomic E-state index is -3.38. The van der Waals surface area contributed by atoms with E-state index in [2.05, 4.69) is 4.90 Å². The summed E-state index contributed by atoms with van der Waals surface area (Å²) in [7, 11) is -3.38. The Morgan fingerprint density at radius 2 is 1.70 bits per heavy atom. The Morgan fingerprint density at radius 3 is 2.26 bits per heavy atom. The van der Waals surface area contributed by atoms with Gasteiger partial charge in [0.15, 0.2) is 0 Å². The zero-order valence-electron chi connectivity index (χ0n) is 12.9. The van der Waals surface area contributed by atoms with Crippen molar-refractivity contribution in [2.24, 2.45) is 0 Å². The van der Waals surface area contributed by atoms with E-state index in [4.69, 9.17) is 11.6 Å². The number of sulfonamides is 1. The molecular weight excluding hydrogens is 352 g/mol. The number of hydrogen-bond acceptors (Lipinski definition) is 4. The third-order valence-corrected chi connectivity index (χ3v) is 7.13. The van der Waals surface area contributed by atoms with E-state index in [1.54, 1.807) is 27.8 Å². The largest absolute Gasteiger partial charge is 0.296 e. The Hall–Kier alpha value is -0.920. The quantitative estimate of drug-likeness (QED) is 0.829. The van der Waals surface area contributed by atoms with Crippen LogP contribution in [0.4, 0.5) is 0 Å². The number of piperazine rings is 1. The first-order chi connectivity index (χ1) is 10.9. The molecule has 2 aromatic rings. The molecule has 1 fully saturated rings. The van der Waals surface area contributed by atoms with Gasteiger partial charge in [0.05, 0.1) is 9.23 Å². The molecule has 1 saturated heterocycles. The Balaban J connectivity index is 1.62. The maximum atomic E-state index is 12.7. The predicted molar refractivity (Wildman–Crippen MR) is 94.5 cm³/mol. The van der Waals surface area contributed by atoms with Crippen molar-refractivity contribution in [1.82, 2.24) is 9.21 Å². The highest BCUT2D eigenvalue weighted by Gasteiger charge is 2.28. The van der Waals surface area contributed by atoms with Crippen molar-refractivity contribution in [1.29, 1.82) is 0 Å². The highest BCUT2D eigenvalue weighted by molar-refractivity contribution is 7.89. The SMILES string of the molecule is Cc1ccc(S(=O)(=O)N2CCN(Cc3ccc(Cl)s3)CC2)cc1. The Kier molecular flexibility index (Phi) is 5.08. The van der Waals surface area contributed by atoms with E-state index in [9.17, 15) is 8.42 Å². The molecule has 1 aromatic carbocycles. The number of halogens is 1. The number of benzene rings is 1. The molecule has 0 aliphatic carbocycles. The Bertz CT molecular complexity index is 764. The molecule has 0 amide bonds. The highest BCUT2D eigenvalue weighted by atomic mass is 35.5. The molecule has 1 aliphatic heterocycles. The maximum Gasteiger partial charge on any atom is 0.243 e. The molecule has 0 saturated carbocycles. The van der Waals surface area contributed by atoms with Gasteiger partial charge < -0.3 is 0 Å². The summed E-state index contributed by atoms with van der Waals surface area (Å²) in [5, 5.41) is 0. The monoisotopic (exact) mass is 370 g/mol. The van der Waals surface area contributed by atoms with Crippen LogP contribution in [0.5, 0.6) is 0 Å². The van der Waals surface area contributed by atoms with Gasteiger partial charge in [-0.3, -0.25) is 4.90 Å². The average molecular weight is 371 g/mol. The fraction of sp³-hybridized carbons (Fsp3) is 0.375. The second-order valence-corrected chi connectivity index (χ2v) is 9.44. The van der Waals surface area contributed by atoms with Crippen molar-refractivity contribution >= 4 is 33.0 Å². The van der Waals surface area contributed by atoms with Crippen LogP contribution in [0.15, 0.2) is 41.3 Å². The van der Waals surface area contributed by atoms with Gasteiger partial charge in [0.2, 0.25) is 10.0 Å². The molecule has 0 radical (unpaired) electrons. The van der Waals surface area contributed by atoms with Crippen LogP contribution in [0.3, 0.4) is 0 Å². The molecular formula is C16H19ClN2O2S2. The molecule has 1 aromatic heterocycles. The molecule has 0 N–H and O–H groups in total. The number of nitrogens with zero attached hydrogens (tertiary/aromatic N) is 2. The first kappa shape index (κ1) is 16.9. The van der Waals surface area contributed by atoms with E-state index in [0.29, 0.717) is 18.0 Å². The van der Waals surface area contributed by atoms with E-state index in [0.717, 1.165) is 29.5 Å². The molecule has 3 rings (SSSR count). The second kappa shape index (κ2) is 6.91. The summed E-state index contributed by atoms with van der Waals surface area (Å²) in [5.41, 5.74) is 1.06. The van der Waals surface area contributed by atoms with Crippen LogP contribution >= 0.6 is 22.9 Å². The highest BCUT2D eigenvalue weighted by Crippen LogP contribution is 2.24. The van der Waals surface area contributed by atoms with Gasteiger partial charge in [-0.25, -0.2) is 8.42 Å². The smallest absolute Gasteiger partial charge is 0.243 e. The van der Waals surface area contributed by atoms with Gasteiger partial charge in [0.1, 0.15) is 0 Å². The molecule has 0 spiro atoms. The normalized spacial score (nSPS) is 17.5. The molecule has 0 atom stereocenters.